The summed E-state index contributed by atoms with van der Waals surface area (Å²) in [4.78, 5) is 26.0. The van der Waals surface area contributed by atoms with Crippen LogP contribution in [-0.2, 0) is 4.79 Å². The maximum Gasteiger partial charge on any atom is 0.295 e. The molecule has 1 N–H and O–H groups in total. The van der Waals surface area contributed by atoms with E-state index in [1.807, 2.05) is 0 Å². The molecule has 25 heavy (non-hydrogen) atoms. The van der Waals surface area contributed by atoms with Gasteiger partial charge in [-0.25, -0.2) is 0 Å². The summed E-state index contributed by atoms with van der Waals surface area (Å²) in [6.07, 6.45) is 1.54. The molecule has 8 heteroatoms. The van der Waals surface area contributed by atoms with E-state index in [2.05, 4.69) is 5.32 Å². The van der Waals surface area contributed by atoms with Gasteiger partial charge in [-0.1, -0.05) is 40.9 Å². The highest BCUT2D eigenvalue weighted by Gasteiger charge is 2.35. The summed E-state index contributed by atoms with van der Waals surface area (Å²) in [7, 11) is 0. The number of carbonyl (C=O) groups is 2. The van der Waals surface area contributed by atoms with Crippen LogP contribution in [0.3, 0.4) is 0 Å². The van der Waals surface area contributed by atoms with Crippen molar-refractivity contribution in [2.24, 2.45) is 0 Å². The smallest absolute Gasteiger partial charge is 0.295 e. The molecule has 0 unspecified atom stereocenters. The van der Waals surface area contributed by atoms with Crippen molar-refractivity contribution in [1.29, 1.82) is 0 Å². The Balaban J connectivity index is 1.76. The lowest BCUT2D eigenvalue weighted by molar-refractivity contribution is -0.122. The highest BCUT2D eigenvalue weighted by molar-refractivity contribution is 8.18. The van der Waals surface area contributed by atoms with E-state index >= 15 is 0 Å². The van der Waals surface area contributed by atoms with Gasteiger partial charge < -0.3 is 5.32 Å². The lowest BCUT2D eigenvalue weighted by Gasteiger charge is -2.14. The SMILES string of the molecule is O=C1S/C(=C/c2c(Cl)cccc2Cl)C(=O)N1CNc1ccc(Cl)cc1. The number of rotatable bonds is 4. The summed E-state index contributed by atoms with van der Waals surface area (Å²) in [5, 5.41) is 4.09. The van der Waals surface area contributed by atoms with Crippen LogP contribution in [0.1, 0.15) is 5.56 Å². The molecule has 0 bridgehead atoms. The number of carbonyl (C=O) groups excluding carboxylic acids is 2. The molecule has 1 saturated heterocycles. The molecule has 1 heterocycles. The van der Waals surface area contributed by atoms with E-state index in [4.69, 9.17) is 34.8 Å². The fourth-order valence-corrected chi connectivity index (χ4v) is 3.61. The molecule has 0 atom stereocenters. The first-order chi connectivity index (χ1) is 12.0. The molecular formula is C17H11Cl3N2O2S. The van der Waals surface area contributed by atoms with Gasteiger partial charge >= 0.3 is 0 Å². The van der Waals surface area contributed by atoms with Gasteiger partial charge in [0.1, 0.15) is 0 Å². The van der Waals surface area contributed by atoms with E-state index in [1.54, 1.807) is 42.5 Å². The molecule has 3 rings (SSSR count). The number of hydrogen-bond donors (Lipinski definition) is 1. The zero-order valence-electron chi connectivity index (χ0n) is 12.6. The Hall–Kier alpha value is -1.66. The van der Waals surface area contributed by atoms with Crippen LogP contribution in [0, 0.1) is 0 Å². The van der Waals surface area contributed by atoms with Crippen LogP contribution >= 0.6 is 46.6 Å². The summed E-state index contributed by atoms with van der Waals surface area (Å²) in [6.45, 7) is 0.0554. The summed E-state index contributed by atoms with van der Waals surface area (Å²) < 4.78 is 0. The van der Waals surface area contributed by atoms with E-state index < -0.39 is 5.91 Å². The van der Waals surface area contributed by atoms with Crippen LogP contribution in [0.4, 0.5) is 10.5 Å². The van der Waals surface area contributed by atoms with E-state index in [0.29, 0.717) is 20.6 Å². The largest absolute Gasteiger partial charge is 0.367 e. The van der Waals surface area contributed by atoms with Gasteiger partial charge in [0.15, 0.2) is 0 Å². The summed E-state index contributed by atoms with van der Waals surface area (Å²) in [5.74, 6) is -0.396. The Labute approximate surface area is 163 Å². The van der Waals surface area contributed by atoms with Crippen molar-refractivity contribution < 1.29 is 9.59 Å². The second-order valence-electron chi connectivity index (χ2n) is 5.09. The van der Waals surface area contributed by atoms with Crippen molar-refractivity contribution in [3.8, 4) is 0 Å². The summed E-state index contributed by atoms with van der Waals surface area (Å²) in [6, 6.07) is 12.0. The Morgan fingerprint density at radius 3 is 2.28 bits per heavy atom. The molecule has 1 fully saturated rings. The minimum absolute atomic E-state index is 0.0554. The third-order valence-electron chi connectivity index (χ3n) is 3.43. The van der Waals surface area contributed by atoms with Crippen molar-refractivity contribution >= 4 is 69.5 Å². The van der Waals surface area contributed by atoms with Gasteiger partial charge in [-0.15, -0.1) is 0 Å². The van der Waals surface area contributed by atoms with Gasteiger partial charge in [0, 0.05) is 26.3 Å². The first kappa shape index (κ1) is 18.1. The number of hydrogen-bond acceptors (Lipinski definition) is 4. The van der Waals surface area contributed by atoms with Gasteiger partial charge in [0.2, 0.25) is 0 Å². The van der Waals surface area contributed by atoms with Gasteiger partial charge in [0.25, 0.3) is 11.1 Å². The number of nitrogens with zero attached hydrogens (tertiary/aromatic N) is 1. The standard InChI is InChI=1S/C17H11Cl3N2O2S/c18-10-4-6-11(7-5-10)21-9-22-16(23)15(25-17(22)24)8-12-13(19)2-1-3-14(12)20/h1-8,21H,9H2/b15-8+. The fraction of sp³-hybridized carbons (Fsp3) is 0.0588. The molecule has 1 aliphatic rings. The molecule has 0 saturated carbocycles. The predicted molar refractivity (Wildman–Crippen MR) is 104 cm³/mol. The average molecular weight is 414 g/mol. The number of anilines is 1. The fourth-order valence-electron chi connectivity index (χ4n) is 2.15. The molecular weight excluding hydrogens is 403 g/mol. The predicted octanol–water partition coefficient (Wildman–Crippen LogP) is 5.75. The minimum Gasteiger partial charge on any atom is -0.367 e. The van der Waals surface area contributed by atoms with Crippen LogP contribution in [0.25, 0.3) is 6.08 Å². The zero-order valence-corrected chi connectivity index (χ0v) is 15.7. The van der Waals surface area contributed by atoms with Gasteiger partial charge in [-0.3, -0.25) is 14.5 Å². The maximum absolute atomic E-state index is 12.5. The number of thioether (sulfide) groups is 1. The van der Waals surface area contributed by atoms with Crippen LogP contribution in [-0.4, -0.2) is 22.7 Å². The minimum atomic E-state index is -0.396. The molecule has 0 aromatic heterocycles. The van der Waals surface area contributed by atoms with Crippen LogP contribution in [0.5, 0.6) is 0 Å². The first-order valence-electron chi connectivity index (χ1n) is 7.14. The molecule has 0 aliphatic carbocycles. The highest BCUT2D eigenvalue weighted by Crippen LogP contribution is 2.35. The molecule has 2 aromatic rings. The third kappa shape index (κ3) is 4.12. The van der Waals surface area contributed by atoms with Gasteiger partial charge in [-0.05, 0) is 54.2 Å². The van der Waals surface area contributed by atoms with E-state index in [9.17, 15) is 9.59 Å². The number of imide groups is 1. The highest BCUT2D eigenvalue weighted by atomic mass is 35.5. The average Bonchev–Trinajstić information content (AvgIpc) is 2.84. The molecule has 1 aliphatic heterocycles. The second kappa shape index (κ2) is 7.70. The monoisotopic (exact) mass is 412 g/mol. The third-order valence-corrected chi connectivity index (χ3v) is 5.25. The van der Waals surface area contributed by atoms with Gasteiger partial charge in [-0.2, -0.15) is 0 Å². The Kier molecular flexibility index (Phi) is 5.59. The van der Waals surface area contributed by atoms with Crippen LogP contribution in [0.15, 0.2) is 47.4 Å². The van der Waals surface area contributed by atoms with Crippen molar-refractivity contribution in [3.63, 3.8) is 0 Å². The summed E-state index contributed by atoms with van der Waals surface area (Å²) >= 11 is 18.9. The lowest BCUT2D eigenvalue weighted by Crippen LogP contribution is -2.33. The zero-order chi connectivity index (χ0) is 18.0. The van der Waals surface area contributed by atoms with E-state index in [0.717, 1.165) is 22.3 Å². The van der Waals surface area contributed by atoms with Crippen molar-refractivity contribution in [2.75, 3.05) is 12.0 Å². The van der Waals surface area contributed by atoms with Crippen molar-refractivity contribution in [1.82, 2.24) is 4.90 Å². The number of halogens is 3. The molecule has 128 valence electrons. The summed E-state index contributed by atoms with van der Waals surface area (Å²) in [5.41, 5.74) is 1.27. The van der Waals surface area contributed by atoms with E-state index in [-0.39, 0.29) is 16.8 Å². The molecule has 2 aromatic carbocycles. The van der Waals surface area contributed by atoms with Crippen molar-refractivity contribution in [3.05, 3.63) is 68.0 Å². The molecule has 4 nitrogen and oxygen atoms in total. The number of benzene rings is 2. The van der Waals surface area contributed by atoms with Crippen LogP contribution < -0.4 is 5.32 Å². The second-order valence-corrected chi connectivity index (χ2v) is 7.33. The van der Waals surface area contributed by atoms with Crippen molar-refractivity contribution in [2.45, 2.75) is 0 Å². The topological polar surface area (TPSA) is 49.4 Å². The molecule has 0 radical (unpaired) electrons. The molecule has 0 spiro atoms. The number of nitrogens with one attached hydrogen (secondary N) is 1. The maximum atomic E-state index is 12.5. The lowest BCUT2D eigenvalue weighted by atomic mass is 10.2. The van der Waals surface area contributed by atoms with Crippen LogP contribution in [0.2, 0.25) is 15.1 Å². The number of amides is 2. The van der Waals surface area contributed by atoms with E-state index in [1.165, 1.54) is 6.08 Å². The normalized spacial score (nSPS) is 16.0. The Morgan fingerprint density at radius 1 is 1.00 bits per heavy atom. The Bertz CT molecular complexity index is 848. The van der Waals surface area contributed by atoms with Gasteiger partial charge in [0.05, 0.1) is 11.6 Å². The first-order valence-corrected chi connectivity index (χ1v) is 9.09. The molecule has 2 amide bonds. The quantitative estimate of drug-likeness (QED) is 0.648. The Morgan fingerprint density at radius 2 is 1.64 bits per heavy atom.